The summed E-state index contributed by atoms with van der Waals surface area (Å²) in [7, 11) is -9.23. The monoisotopic (exact) mass is 644 g/mol. The number of alkyl halides is 2. The Bertz CT molecular complexity index is 1530. The summed E-state index contributed by atoms with van der Waals surface area (Å²) in [6.07, 6.45) is 3.98. The lowest BCUT2D eigenvalue weighted by Gasteiger charge is -2.59. The van der Waals surface area contributed by atoms with Gasteiger partial charge in [-0.1, -0.05) is 53.1 Å². The minimum Gasteiger partial charge on any atom is -0.460 e. The van der Waals surface area contributed by atoms with Crippen LogP contribution in [0.3, 0.4) is 0 Å². The van der Waals surface area contributed by atoms with Crippen molar-refractivity contribution in [3.8, 4) is 0 Å². The number of benzene rings is 3. The van der Waals surface area contributed by atoms with Gasteiger partial charge in [0.05, 0.1) is 12.2 Å². The first kappa shape index (κ1) is 31.2. The van der Waals surface area contributed by atoms with E-state index in [1.54, 1.807) is 72.8 Å². The minimum absolute atomic E-state index is 0.246. The number of carbonyl (C=O) groups excluding carboxylic acids is 1. The van der Waals surface area contributed by atoms with Crippen LogP contribution >= 0.6 is 10.3 Å². The maximum atomic E-state index is 15.9. The SMILES string of the molecule is Cc1ccc(S(OS(=O)(=O)C(F)(F)C(=O)OCC23CC4CC(CC(O)(C4)C2)C3)(c2ccc(C)cc2)c2ccc(C)cc2)cc1. The third-order valence-electron chi connectivity index (χ3n) is 9.46. The molecule has 4 fully saturated rings. The molecule has 0 amide bonds. The van der Waals surface area contributed by atoms with E-state index in [9.17, 15) is 18.3 Å². The summed E-state index contributed by atoms with van der Waals surface area (Å²) in [6.45, 7) is 5.23. The molecule has 0 saturated heterocycles. The highest BCUT2D eigenvalue weighted by Gasteiger charge is 2.61. The lowest BCUT2D eigenvalue weighted by atomic mass is 9.48. The molecule has 4 aliphatic rings. The van der Waals surface area contributed by atoms with Crippen LogP contribution in [0.5, 0.6) is 0 Å². The molecule has 4 saturated carbocycles. The maximum absolute atomic E-state index is 15.9. The second-order valence-corrected chi connectivity index (χ2v) is 17.8. The van der Waals surface area contributed by atoms with E-state index in [4.69, 9.17) is 8.37 Å². The first-order chi connectivity index (χ1) is 20.7. The lowest BCUT2D eigenvalue weighted by Crippen LogP contribution is -2.57. The van der Waals surface area contributed by atoms with Gasteiger partial charge in [0.1, 0.15) is 0 Å². The van der Waals surface area contributed by atoms with Gasteiger partial charge in [-0.15, -0.1) is 0 Å². The van der Waals surface area contributed by atoms with Gasteiger partial charge in [0, 0.05) is 20.1 Å². The van der Waals surface area contributed by atoms with E-state index in [1.165, 1.54) is 0 Å². The normalized spacial score (nSPS) is 26.9. The van der Waals surface area contributed by atoms with Gasteiger partial charge in [-0.2, -0.15) is 17.2 Å². The van der Waals surface area contributed by atoms with Crippen molar-refractivity contribution in [2.75, 3.05) is 6.61 Å². The van der Waals surface area contributed by atoms with E-state index in [1.807, 2.05) is 20.8 Å². The van der Waals surface area contributed by atoms with E-state index >= 15 is 8.78 Å². The van der Waals surface area contributed by atoms with E-state index in [2.05, 4.69) is 0 Å². The molecule has 0 aliphatic heterocycles. The summed E-state index contributed by atoms with van der Waals surface area (Å²) in [5, 5.41) is 6.04. The van der Waals surface area contributed by atoms with Gasteiger partial charge in [-0.25, -0.2) is 8.42 Å². The highest BCUT2D eigenvalue weighted by Crippen LogP contribution is 2.70. The number of hydrogen-bond acceptors (Lipinski definition) is 6. The number of hydrogen-bond donors (Lipinski definition) is 1. The van der Waals surface area contributed by atoms with Crippen molar-refractivity contribution < 1.29 is 35.5 Å². The van der Waals surface area contributed by atoms with Gasteiger partial charge in [0.15, 0.2) is 0 Å². The van der Waals surface area contributed by atoms with Crippen molar-refractivity contribution in [2.45, 2.75) is 84.8 Å². The zero-order chi connectivity index (χ0) is 31.5. The zero-order valence-electron chi connectivity index (χ0n) is 25.1. The fourth-order valence-electron chi connectivity index (χ4n) is 7.87. The van der Waals surface area contributed by atoms with Crippen LogP contribution in [0.4, 0.5) is 8.78 Å². The number of halogens is 2. The topological polar surface area (TPSA) is 89.9 Å². The van der Waals surface area contributed by atoms with Crippen LogP contribution in [-0.4, -0.2) is 37.0 Å². The predicted molar refractivity (Wildman–Crippen MR) is 164 cm³/mol. The van der Waals surface area contributed by atoms with Gasteiger partial charge in [-0.05, 0) is 118 Å². The van der Waals surface area contributed by atoms with Crippen LogP contribution in [0.15, 0.2) is 87.5 Å². The molecule has 1 N–H and O–H groups in total. The molecular weight excluding hydrogens is 606 g/mol. The van der Waals surface area contributed by atoms with Crippen molar-refractivity contribution in [1.29, 1.82) is 0 Å². The quantitative estimate of drug-likeness (QED) is 0.241. The first-order valence-corrected chi connectivity index (χ1v) is 17.9. The second-order valence-electron chi connectivity index (χ2n) is 13.3. The molecule has 4 bridgehead atoms. The molecule has 0 radical (unpaired) electrons. The molecule has 3 aromatic rings. The number of rotatable bonds is 9. The molecule has 44 heavy (non-hydrogen) atoms. The fraction of sp³-hybridized carbons (Fsp3) is 0.441. The zero-order valence-corrected chi connectivity index (χ0v) is 26.7. The van der Waals surface area contributed by atoms with E-state index in [-0.39, 0.29) is 18.4 Å². The molecule has 0 aromatic heterocycles. The van der Waals surface area contributed by atoms with Crippen LogP contribution in [0, 0.1) is 38.0 Å². The van der Waals surface area contributed by atoms with Crippen LogP contribution in [-0.2, 0) is 23.3 Å². The Morgan fingerprint density at radius 2 is 1.20 bits per heavy atom. The summed E-state index contributed by atoms with van der Waals surface area (Å²) >= 11 is 0. The maximum Gasteiger partial charge on any atom is 0.466 e. The van der Waals surface area contributed by atoms with Crippen molar-refractivity contribution in [3.05, 3.63) is 89.5 Å². The number of ether oxygens (including phenoxy) is 1. The molecule has 2 unspecified atom stereocenters. The molecule has 3 aromatic carbocycles. The van der Waals surface area contributed by atoms with Gasteiger partial charge >= 0.3 is 21.3 Å². The average molecular weight is 645 g/mol. The van der Waals surface area contributed by atoms with Gasteiger partial charge in [-0.3, -0.25) is 0 Å². The van der Waals surface area contributed by atoms with Crippen molar-refractivity contribution in [3.63, 3.8) is 0 Å². The number of aryl methyl sites for hydroxylation is 3. The molecule has 236 valence electrons. The Morgan fingerprint density at radius 1 is 0.795 bits per heavy atom. The Hall–Kier alpha value is -2.79. The van der Waals surface area contributed by atoms with Crippen LogP contribution in [0.25, 0.3) is 0 Å². The Balaban J connectivity index is 1.36. The van der Waals surface area contributed by atoms with Crippen LogP contribution in [0.1, 0.15) is 55.2 Å². The third-order valence-corrected chi connectivity index (χ3v) is 14.6. The standard InChI is InChI=1S/C34H38F2O6S2/c1-23-4-10-28(11-5-23)43(29-12-6-24(2)7-13-29,30-14-8-25(3)9-15-30)42-44(39,40)34(35,36)31(37)41-22-32-17-26-16-27(18-32)20-33(38,19-26)21-32/h4-15,26-27,38H,16-22H2,1-3H3. The molecule has 0 spiro atoms. The summed E-state index contributed by atoms with van der Waals surface area (Å²) in [6, 6.07) is 20.6. The Morgan fingerprint density at radius 3 is 1.59 bits per heavy atom. The number of esters is 1. The highest BCUT2D eigenvalue weighted by molar-refractivity contribution is 8.33. The fourth-order valence-corrected chi connectivity index (χ4v) is 12.9. The Labute approximate surface area is 259 Å². The van der Waals surface area contributed by atoms with Crippen molar-refractivity contribution >= 4 is 26.4 Å². The van der Waals surface area contributed by atoms with E-state index < -0.39 is 42.7 Å². The Kier molecular flexibility index (Phi) is 7.75. The van der Waals surface area contributed by atoms with E-state index in [0.29, 0.717) is 46.8 Å². The minimum atomic E-state index is -5.90. The predicted octanol–water partition coefficient (Wildman–Crippen LogP) is 7.62. The summed E-state index contributed by atoms with van der Waals surface area (Å²) in [5.41, 5.74) is 1.16. The molecule has 10 heteroatoms. The molecule has 2 atom stereocenters. The lowest BCUT2D eigenvalue weighted by molar-refractivity contribution is -0.193. The van der Waals surface area contributed by atoms with Crippen molar-refractivity contribution in [1.82, 2.24) is 0 Å². The summed E-state index contributed by atoms with van der Waals surface area (Å²) in [4.78, 5) is 14.2. The third kappa shape index (κ3) is 5.48. The van der Waals surface area contributed by atoms with Gasteiger partial charge < -0.3 is 9.84 Å². The van der Waals surface area contributed by atoms with Gasteiger partial charge in [0.25, 0.3) is 0 Å². The number of aliphatic hydroxyl groups is 1. The molecule has 6 nitrogen and oxygen atoms in total. The van der Waals surface area contributed by atoms with E-state index in [0.717, 1.165) is 23.1 Å². The van der Waals surface area contributed by atoms with Crippen LogP contribution in [0.2, 0.25) is 0 Å². The largest absolute Gasteiger partial charge is 0.466 e. The average Bonchev–Trinajstić information content (AvgIpc) is 2.94. The van der Waals surface area contributed by atoms with Crippen LogP contribution < -0.4 is 0 Å². The molecular formula is C34H38F2O6S2. The van der Waals surface area contributed by atoms with Gasteiger partial charge in [0.2, 0.25) is 0 Å². The smallest absolute Gasteiger partial charge is 0.460 e. The summed E-state index contributed by atoms with van der Waals surface area (Å²) < 4.78 is 70.1. The number of carbonyl (C=O) groups is 1. The molecule has 7 rings (SSSR count). The molecule has 4 aliphatic carbocycles. The summed E-state index contributed by atoms with van der Waals surface area (Å²) in [5.74, 6) is -1.67. The first-order valence-electron chi connectivity index (χ1n) is 14.9. The van der Waals surface area contributed by atoms with Crippen molar-refractivity contribution in [2.24, 2.45) is 17.3 Å². The second kappa shape index (κ2) is 10.9. The highest BCUT2D eigenvalue weighted by atomic mass is 32.3. The molecule has 0 heterocycles.